The number of aliphatic hydroxyl groups is 3. The molecule has 4 N–H and O–H groups in total. The topological polar surface area (TPSA) is 196 Å². The summed E-state index contributed by atoms with van der Waals surface area (Å²) >= 11 is 0. The number of rotatable bonds is 41. The zero-order valence-electron chi connectivity index (χ0n) is 47.3. The van der Waals surface area contributed by atoms with Crippen molar-refractivity contribution in [2.45, 2.75) is 283 Å². The third-order valence-electron chi connectivity index (χ3n) is 13.1. The average Bonchev–Trinajstić information content (AvgIpc) is 3.34. The van der Waals surface area contributed by atoms with E-state index >= 15 is 0 Å². The third kappa shape index (κ3) is 31.0. The van der Waals surface area contributed by atoms with Crippen LogP contribution in [-0.2, 0) is 42.8 Å². The first kappa shape index (κ1) is 66.7. The number of hydrogen-bond donors (Lipinski definition) is 4. The van der Waals surface area contributed by atoms with Crippen LogP contribution in [0.1, 0.15) is 239 Å². The molecule has 1 aliphatic rings. The molecular formula is C60H103NO13. The van der Waals surface area contributed by atoms with Gasteiger partial charge in [0.15, 0.2) is 12.2 Å². The second-order valence-electron chi connectivity index (χ2n) is 22.5. The summed E-state index contributed by atoms with van der Waals surface area (Å²) in [6, 6.07) is 7.67. The Bertz CT molecular complexity index is 1630. The van der Waals surface area contributed by atoms with Crippen LogP contribution in [0.5, 0.6) is 0 Å². The number of carbonyl (C=O) groups is 4. The van der Waals surface area contributed by atoms with Gasteiger partial charge in [0.25, 0.3) is 0 Å². The molecule has 0 spiro atoms. The van der Waals surface area contributed by atoms with Crippen molar-refractivity contribution >= 4 is 23.8 Å². The van der Waals surface area contributed by atoms with E-state index in [1.54, 1.807) is 78.0 Å². The highest BCUT2D eigenvalue weighted by atomic mass is 16.7. The van der Waals surface area contributed by atoms with Gasteiger partial charge in [-0.05, 0) is 85.4 Å². The molecule has 1 amide bonds. The normalized spacial score (nSPS) is 19.1. The first-order valence-electron chi connectivity index (χ1n) is 28.9. The minimum atomic E-state index is -1.71. The maximum absolute atomic E-state index is 13.7. The van der Waals surface area contributed by atoms with Gasteiger partial charge >= 0.3 is 17.9 Å². The van der Waals surface area contributed by atoms with Gasteiger partial charge in [0.1, 0.15) is 41.7 Å². The predicted octanol–water partition coefficient (Wildman–Crippen LogP) is 12.0. The first-order valence-corrected chi connectivity index (χ1v) is 28.9. The Morgan fingerprint density at radius 3 is 1.59 bits per heavy atom. The Kier molecular flexibility index (Phi) is 35.2. The van der Waals surface area contributed by atoms with Gasteiger partial charge in [0, 0.05) is 13.0 Å². The van der Waals surface area contributed by atoms with Crippen LogP contribution < -0.4 is 5.32 Å². The fraction of sp³-hybridized carbons (Fsp3) is 0.800. The molecule has 0 radical (unpaired) electrons. The number of amides is 1. The predicted molar refractivity (Wildman–Crippen MR) is 291 cm³/mol. The second kappa shape index (κ2) is 39.0. The van der Waals surface area contributed by atoms with Crippen molar-refractivity contribution in [1.82, 2.24) is 5.32 Å². The fourth-order valence-corrected chi connectivity index (χ4v) is 8.85. The molecule has 14 heteroatoms. The smallest absolute Gasteiger partial charge is 0.338 e. The molecule has 0 saturated carbocycles. The molecule has 2 rings (SSSR count). The molecule has 1 aromatic rings. The number of allylic oxidation sites excluding steroid dienone is 1. The Morgan fingerprint density at radius 2 is 1.11 bits per heavy atom. The SMILES string of the molecule is CCCCCCCCCCCCC/C=C/[C@@H](OC(=O)c1ccccc1)[C@H](CO[C@@H]1O[C@H](COCCC(C(=O)OC(C)(C)C)C(=O)OC(C)(C)C)[C@H](O)[C@H](O)[C@H]1O)NC(=O)CCCCCCCCCCCCCCC. The highest BCUT2D eigenvalue weighted by molar-refractivity contribution is 5.95. The van der Waals surface area contributed by atoms with Crippen LogP contribution in [0.2, 0.25) is 0 Å². The van der Waals surface area contributed by atoms with E-state index in [9.17, 15) is 34.5 Å². The molecule has 0 aromatic heterocycles. The van der Waals surface area contributed by atoms with Crippen LogP contribution in [0, 0.1) is 5.92 Å². The Hall–Kier alpha value is -3.40. The highest BCUT2D eigenvalue weighted by Gasteiger charge is 2.45. The van der Waals surface area contributed by atoms with Crippen molar-refractivity contribution in [3.05, 3.63) is 48.0 Å². The van der Waals surface area contributed by atoms with E-state index in [0.29, 0.717) is 12.0 Å². The number of carbonyl (C=O) groups excluding carboxylic acids is 4. The summed E-state index contributed by atoms with van der Waals surface area (Å²) in [5, 5.41) is 36.2. The number of unbranched alkanes of at least 4 members (excludes halogenated alkanes) is 23. The van der Waals surface area contributed by atoms with Crippen LogP contribution in [0.15, 0.2) is 42.5 Å². The third-order valence-corrected chi connectivity index (χ3v) is 13.1. The molecule has 1 heterocycles. The van der Waals surface area contributed by atoms with E-state index in [1.807, 2.05) is 6.08 Å². The maximum atomic E-state index is 13.7. The molecule has 14 nitrogen and oxygen atoms in total. The number of hydrogen-bond acceptors (Lipinski definition) is 13. The van der Waals surface area contributed by atoms with Crippen LogP contribution >= 0.6 is 0 Å². The summed E-state index contributed by atoms with van der Waals surface area (Å²) in [6.07, 6.45) is 24.7. The molecule has 0 bridgehead atoms. The fourth-order valence-electron chi connectivity index (χ4n) is 8.85. The lowest BCUT2D eigenvalue weighted by atomic mass is 9.99. The van der Waals surface area contributed by atoms with Crippen molar-refractivity contribution in [2.75, 3.05) is 19.8 Å². The molecule has 1 fully saturated rings. The number of esters is 3. The maximum Gasteiger partial charge on any atom is 0.338 e. The molecule has 0 aliphatic carbocycles. The van der Waals surface area contributed by atoms with Gasteiger partial charge in [-0.3, -0.25) is 14.4 Å². The van der Waals surface area contributed by atoms with E-state index in [1.165, 1.54) is 109 Å². The van der Waals surface area contributed by atoms with Gasteiger partial charge in [-0.2, -0.15) is 0 Å². The molecule has 1 aromatic carbocycles. The van der Waals surface area contributed by atoms with Crippen molar-refractivity contribution in [1.29, 1.82) is 0 Å². The molecule has 0 unspecified atom stereocenters. The second-order valence-corrected chi connectivity index (χ2v) is 22.5. The summed E-state index contributed by atoms with van der Waals surface area (Å²) in [5.74, 6) is -3.65. The van der Waals surface area contributed by atoms with E-state index in [2.05, 4.69) is 19.2 Å². The van der Waals surface area contributed by atoms with Crippen molar-refractivity contribution in [3.8, 4) is 0 Å². The zero-order valence-corrected chi connectivity index (χ0v) is 47.3. The molecule has 74 heavy (non-hydrogen) atoms. The summed E-state index contributed by atoms with van der Waals surface area (Å²) in [7, 11) is 0. The monoisotopic (exact) mass is 1050 g/mol. The lowest BCUT2D eigenvalue weighted by Crippen LogP contribution is -2.60. The lowest BCUT2D eigenvalue weighted by Gasteiger charge is -2.40. The van der Waals surface area contributed by atoms with E-state index in [0.717, 1.165) is 44.9 Å². The number of benzene rings is 1. The summed E-state index contributed by atoms with van der Waals surface area (Å²) < 4.78 is 35.1. The summed E-state index contributed by atoms with van der Waals surface area (Å²) in [4.78, 5) is 53.5. The Morgan fingerprint density at radius 1 is 0.635 bits per heavy atom. The minimum Gasteiger partial charge on any atom is -0.459 e. The van der Waals surface area contributed by atoms with Crippen molar-refractivity contribution in [2.24, 2.45) is 5.92 Å². The Labute approximate surface area is 447 Å². The Balaban J connectivity index is 2.19. The lowest BCUT2D eigenvalue weighted by molar-refractivity contribution is -0.304. The zero-order chi connectivity index (χ0) is 54.6. The van der Waals surface area contributed by atoms with E-state index in [4.69, 9.17) is 28.4 Å². The van der Waals surface area contributed by atoms with Gasteiger partial charge in [-0.1, -0.05) is 179 Å². The van der Waals surface area contributed by atoms with Crippen LogP contribution in [0.3, 0.4) is 0 Å². The minimum absolute atomic E-state index is 0.103. The van der Waals surface area contributed by atoms with Crippen LogP contribution in [0.25, 0.3) is 0 Å². The molecule has 1 saturated heterocycles. The molecule has 7 atom stereocenters. The number of aliphatic hydroxyl groups excluding tert-OH is 3. The molecular weight excluding hydrogens is 943 g/mol. The van der Waals surface area contributed by atoms with E-state index < -0.39 is 77.9 Å². The quantitative estimate of drug-likeness (QED) is 0.0159. The average molecular weight is 1050 g/mol. The van der Waals surface area contributed by atoms with Gasteiger partial charge in [-0.15, -0.1) is 0 Å². The highest BCUT2D eigenvalue weighted by Crippen LogP contribution is 2.25. The van der Waals surface area contributed by atoms with Gasteiger partial charge < -0.3 is 49.1 Å². The number of ether oxygens (including phenoxy) is 6. The summed E-state index contributed by atoms with van der Waals surface area (Å²) in [5.41, 5.74) is -1.38. The standard InChI is InChI=1S/C60H103NO13/c1-9-11-13-15-17-19-21-23-25-27-29-31-36-40-49(71-55(66)46-38-34-33-35-39-46)48(61-51(62)41-37-32-30-28-26-24-22-20-18-16-14-12-10-2)44-70-58-54(65)53(64)52(63)50(72-58)45-69-43-42-47(56(67)73-59(3,4)5)57(68)74-60(6,7)8/h33-36,38-40,47-50,52-54,58,63-65H,9-32,37,41-45H2,1-8H3,(H,61,62)/b40-36+/t48-,49+,50+,52-,53-,54+,58+/m0/s1. The van der Waals surface area contributed by atoms with Gasteiger partial charge in [0.05, 0.1) is 24.8 Å². The summed E-state index contributed by atoms with van der Waals surface area (Å²) in [6.45, 7) is 13.9. The van der Waals surface area contributed by atoms with Crippen molar-refractivity contribution < 1.29 is 62.9 Å². The number of nitrogens with one attached hydrogen (secondary N) is 1. The van der Waals surface area contributed by atoms with Crippen molar-refractivity contribution in [3.63, 3.8) is 0 Å². The van der Waals surface area contributed by atoms with Crippen LogP contribution in [0.4, 0.5) is 0 Å². The van der Waals surface area contributed by atoms with E-state index in [-0.39, 0.29) is 38.6 Å². The molecule has 1 aliphatic heterocycles. The first-order chi connectivity index (χ1) is 35.4. The largest absolute Gasteiger partial charge is 0.459 e. The molecule has 426 valence electrons. The van der Waals surface area contributed by atoms with Gasteiger partial charge in [-0.25, -0.2) is 4.79 Å². The van der Waals surface area contributed by atoms with Gasteiger partial charge in [0.2, 0.25) is 5.91 Å². The van der Waals surface area contributed by atoms with Crippen LogP contribution in [-0.4, -0.2) is 113 Å².